The molecule has 0 spiro atoms. The monoisotopic (exact) mass is 183 g/mol. The van der Waals surface area contributed by atoms with E-state index in [1.807, 2.05) is 24.0 Å². The molecule has 0 unspecified atom stereocenters. The zero-order valence-electron chi connectivity index (χ0n) is 7.25. The van der Waals surface area contributed by atoms with Crippen LogP contribution in [0.5, 0.6) is 0 Å². The SMILES string of the molecule is CC[n+]1ccn(/C=C/OC(=O)O)c1. The molecule has 0 aromatic carbocycles. The molecule has 1 N–H and O–H groups in total. The fraction of sp³-hybridized carbons (Fsp3) is 0.250. The van der Waals surface area contributed by atoms with E-state index in [1.54, 1.807) is 10.8 Å². The molecular weight excluding hydrogens is 172 g/mol. The van der Waals surface area contributed by atoms with Gasteiger partial charge in [0, 0.05) is 0 Å². The Kier molecular flexibility index (Phi) is 3.08. The van der Waals surface area contributed by atoms with Crippen molar-refractivity contribution in [2.75, 3.05) is 0 Å². The van der Waals surface area contributed by atoms with Crippen LogP contribution in [0.3, 0.4) is 0 Å². The molecule has 0 saturated carbocycles. The summed E-state index contributed by atoms with van der Waals surface area (Å²) in [6, 6.07) is 0. The molecule has 0 bridgehead atoms. The van der Waals surface area contributed by atoms with E-state index in [0.29, 0.717) is 0 Å². The normalized spacial score (nSPS) is 10.5. The number of hydrogen-bond donors (Lipinski definition) is 1. The van der Waals surface area contributed by atoms with Gasteiger partial charge in [-0.25, -0.2) is 13.9 Å². The number of ether oxygens (including phenoxy) is 1. The fourth-order valence-electron chi connectivity index (χ4n) is 0.845. The highest BCUT2D eigenvalue weighted by molar-refractivity contribution is 5.58. The first-order chi connectivity index (χ1) is 6.22. The molecule has 0 aliphatic rings. The Morgan fingerprint density at radius 3 is 3.08 bits per heavy atom. The maximum atomic E-state index is 9.96. The minimum absolute atomic E-state index is 0.876. The lowest BCUT2D eigenvalue weighted by Gasteiger charge is -1.86. The Morgan fingerprint density at radius 2 is 2.54 bits per heavy atom. The highest BCUT2D eigenvalue weighted by Crippen LogP contribution is 1.87. The van der Waals surface area contributed by atoms with E-state index in [0.717, 1.165) is 12.8 Å². The molecule has 0 atom stereocenters. The summed E-state index contributed by atoms with van der Waals surface area (Å²) >= 11 is 0. The van der Waals surface area contributed by atoms with Gasteiger partial charge in [0.25, 0.3) is 0 Å². The molecule has 5 heteroatoms. The highest BCUT2D eigenvalue weighted by Gasteiger charge is 1.97. The lowest BCUT2D eigenvalue weighted by Crippen LogP contribution is -2.28. The summed E-state index contributed by atoms with van der Waals surface area (Å²) in [6.07, 6.45) is 6.81. The predicted octanol–water partition coefficient (Wildman–Crippen LogP) is 0.918. The van der Waals surface area contributed by atoms with Crippen molar-refractivity contribution < 1.29 is 19.2 Å². The van der Waals surface area contributed by atoms with Crippen LogP contribution in [0.2, 0.25) is 0 Å². The molecule has 0 aliphatic heterocycles. The van der Waals surface area contributed by atoms with E-state index in [2.05, 4.69) is 4.74 Å². The average Bonchev–Trinajstić information content (AvgIpc) is 2.52. The van der Waals surface area contributed by atoms with Gasteiger partial charge in [-0.2, -0.15) is 0 Å². The van der Waals surface area contributed by atoms with Crippen LogP contribution in [-0.4, -0.2) is 15.8 Å². The Balaban J connectivity index is 2.53. The molecule has 0 aliphatic carbocycles. The molecule has 1 rings (SSSR count). The number of carbonyl (C=O) groups is 1. The third-order valence-corrected chi connectivity index (χ3v) is 1.48. The van der Waals surface area contributed by atoms with Crippen molar-refractivity contribution in [2.45, 2.75) is 13.5 Å². The summed E-state index contributed by atoms with van der Waals surface area (Å²) in [5.74, 6) is 0. The molecule has 0 saturated heterocycles. The molecule has 5 nitrogen and oxygen atoms in total. The van der Waals surface area contributed by atoms with Crippen LogP contribution in [-0.2, 0) is 11.3 Å². The zero-order valence-corrected chi connectivity index (χ0v) is 7.25. The lowest BCUT2D eigenvalue weighted by atomic mass is 10.7. The van der Waals surface area contributed by atoms with Gasteiger partial charge in [-0.05, 0) is 6.92 Å². The van der Waals surface area contributed by atoms with Crippen molar-refractivity contribution in [1.29, 1.82) is 0 Å². The number of carboxylic acid groups (broad SMARTS) is 1. The van der Waals surface area contributed by atoms with E-state index in [9.17, 15) is 4.79 Å². The van der Waals surface area contributed by atoms with Crippen LogP contribution in [0.1, 0.15) is 6.92 Å². The second-order valence-electron chi connectivity index (χ2n) is 2.36. The second kappa shape index (κ2) is 4.30. The van der Waals surface area contributed by atoms with E-state index in [4.69, 9.17) is 5.11 Å². The number of aromatic nitrogens is 2. The van der Waals surface area contributed by atoms with E-state index >= 15 is 0 Å². The van der Waals surface area contributed by atoms with Gasteiger partial charge in [0.05, 0.1) is 6.54 Å². The van der Waals surface area contributed by atoms with Crippen molar-refractivity contribution in [2.24, 2.45) is 0 Å². The predicted molar refractivity (Wildman–Crippen MR) is 44.7 cm³/mol. The quantitative estimate of drug-likeness (QED) is 0.430. The smallest absolute Gasteiger partial charge is 0.449 e. The van der Waals surface area contributed by atoms with Gasteiger partial charge in [0.2, 0.25) is 6.33 Å². The van der Waals surface area contributed by atoms with Crippen LogP contribution in [0.4, 0.5) is 4.79 Å². The van der Waals surface area contributed by atoms with Crippen molar-refractivity contribution in [3.63, 3.8) is 0 Å². The van der Waals surface area contributed by atoms with Gasteiger partial charge in [-0.3, -0.25) is 0 Å². The highest BCUT2D eigenvalue weighted by atomic mass is 16.7. The summed E-state index contributed by atoms with van der Waals surface area (Å²) < 4.78 is 7.85. The van der Waals surface area contributed by atoms with Crippen LogP contribution < -0.4 is 4.57 Å². The van der Waals surface area contributed by atoms with Gasteiger partial charge in [0.15, 0.2) is 0 Å². The van der Waals surface area contributed by atoms with E-state index < -0.39 is 6.16 Å². The Labute approximate surface area is 75.5 Å². The molecular formula is C8H11N2O3+. The zero-order chi connectivity index (χ0) is 9.68. The number of rotatable bonds is 3. The fourth-order valence-corrected chi connectivity index (χ4v) is 0.845. The Hall–Kier alpha value is -1.78. The lowest BCUT2D eigenvalue weighted by molar-refractivity contribution is -0.692. The number of nitrogens with zero attached hydrogens (tertiary/aromatic N) is 2. The Bertz CT molecular complexity index is 317. The third kappa shape index (κ3) is 2.98. The first kappa shape index (κ1) is 9.31. The van der Waals surface area contributed by atoms with Gasteiger partial charge in [-0.15, -0.1) is 0 Å². The van der Waals surface area contributed by atoms with Crippen LogP contribution in [0, 0.1) is 0 Å². The molecule has 1 heterocycles. The van der Waals surface area contributed by atoms with Crippen LogP contribution in [0.25, 0.3) is 6.20 Å². The van der Waals surface area contributed by atoms with Crippen LogP contribution in [0.15, 0.2) is 25.0 Å². The molecule has 1 aromatic heterocycles. The minimum atomic E-state index is -1.31. The number of imidazole rings is 1. The van der Waals surface area contributed by atoms with Crippen molar-refractivity contribution in [3.05, 3.63) is 25.0 Å². The molecule has 0 fully saturated rings. The van der Waals surface area contributed by atoms with Crippen molar-refractivity contribution >= 4 is 12.4 Å². The number of aryl methyl sites for hydroxylation is 1. The standard InChI is InChI=1S/C8H10N2O3/c1-2-9-3-4-10(7-9)5-6-13-8(11)12/h3-7H,2H2,1H3/p+1/b6-5+. The molecule has 0 radical (unpaired) electrons. The van der Waals surface area contributed by atoms with Gasteiger partial charge in [-0.1, -0.05) is 0 Å². The Morgan fingerprint density at radius 1 is 1.77 bits per heavy atom. The van der Waals surface area contributed by atoms with Crippen LogP contribution >= 0.6 is 0 Å². The third-order valence-electron chi connectivity index (χ3n) is 1.48. The first-order valence-electron chi connectivity index (χ1n) is 3.85. The van der Waals surface area contributed by atoms with Gasteiger partial charge < -0.3 is 9.84 Å². The maximum absolute atomic E-state index is 9.96. The van der Waals surface area contributed by atoms with Crippen molar-refractivity contribution in [3.8, 4) is 0 Å². The minimum Gasteiger partial charge on any atom is -0.449 e. The van der Waals surface area contributed by atoms with Gasteiger partial charge in [0.1, 0.15) is 24.9 Å². The number of hydrogen-bond acceptors (Lipinski definition) is 2. The molecule has 70 valence electrons. The topological polar surface area (TPSA) is 55.3 Å². The largest absolute Gasteiger partial charge is 0.510 e. The second-order valence-corrected chi connectivity index (χ2v) is 2.36. The summed E-state index contributed by atoms with van der Waals surface area (Å²) in [5.41, 5.74) is 0. The summed E-state index contributed by atoms with van der Waals surface area (Å²) in [4.78, 5) is 9.96. The van der Waals surface area contributed by atoms with Gasteiger partial charge >= 0.3 is 6.16 Å². The molecule has 0 amide bonds. The van der Waals surface area contributed by atoms with E-state index in [1.165, 1.54) is 6.20 Å². The summed E-state index contributed by atoms with van der Waals surface area (Å²) in [6.45, 7) is 2.89. The first-order valence-corrected chi connectivity index (χ1v) is 3.85. The molecule has 1 aromatic rings. The summed E-state index contributed by atoms with van der Waals surface area (Å²) in [5, 5.41) is 8.15. The maximum Gasteiger partial charge on any atom is 0.510 e. The van der Waals surface area contributed by atoms with Crippen molar-refractivity contribution in [1.82, 2.24) is 4.57 Å². The average molecular weight is 183 g/mol. The summed E-state index contributed by atoms with van der Waals surface area (Å²) in [7, 11) is 0. The molecule has 13 heavy (non-hydrogen) atoms. The van der Waals surface area contributed by atoms with E-state index in [-0.39, 0.29) is 0 Å².